The lowest BCUT2D eigenvalue weighted by Gasteiger charge is -2.28. The molecule has 150 valence electrons. The van der Waals surface area contributed by atoms with E-state index < -0.39 is 0 Å². The maximum atomic E-state index is 12.9. The van der Waals surface area contributed by atoms with E-state index in [0.717, 1.165) is 12.0 Å². The van der Waals surface area contributed by atoms with Crippen molar-refractivity contribution >= 4 is 23.3 Å². The molecule has 4 aromatic rings. The standard InChI is InChI=1S/C22H19N5O2S/c28-19-12-18-23-21(16-7-2-1-3-8-16)24-22(27(18)25-19)30-14-20(29)26-11-10-15-6-4-5-9-17(15)13-26/h1-9,12H,10-11,13-14H2,(H,25,28). The number of carbonyl (C=O) groups is 1. The predicted molar refractivity (Wildman–Crippen MR) is 115 cm³/mol. The number of nitrogens with one attached hydrogen (secondary N) is 1. The van der Waals surface area contributed by atoms with Crippen molar-refractivity contribution in [1.82, 2.24) is 24.5 Å². The van der Waals surface area contributed by atoms with Crippen molar-refractivity contribution in [3.8, 4) is 11.4 Å². The molecule has 5 rings (SSSR count). The van der Waals surface area contributed by atoms with Crippen LogP contribution in [-0.2, 0) is 17.8 Å². The quantitative estimate of drug-likeness (QED) is 0.516. The Bertz CT molecular complexity index is 1280. The molecule has 3 heterocycles. The number of H-pyrrole nitrogens is 1. The monoisotopic (exact) mass is 417 g/mol. The van der Waals surface area contributed by atoms with Gasteiger partial charge in [0.1, 0.15) is 0 Å². The summed E-state index contributed by atoms with van der Waals surface area (Å²) in [5.41, 5.74) is 3.59. The topological polar surface area (TPSA) is 83.4 Å². The van der Waals surface area contributed by atoms with Crippen LogP contribution < -0.4 is 5.56 Å². The van der Waals surface area contributed by atoms with Crippen molar-refractivity contribution in [2.45, 2.75) is 18.1 Å². The highest BCUT2D eigenvalue weighted by atomic mass is 32.2. The largest absolute Gasteiger partial charge is 0.337 e. The summed E-state index contributed by atoms with van der Waals surface area (Å²) in [6.45, 7) is 1.34. The lowest BCUT2D eigenvalue weighted by atomic mass is 10.00. The minimum absolute atomic E-state index is 0.0528. The molecule has 2 aromatic carbocycles. The van der Waals surface area contributed by atoms with Crippen LogP contribution >= 0.6 is 11.8 Å². The molecule has 0 spiro atoms. The molecule has 1 aliphatic heterocycles. The van der Waals surface area contributed by atoms with Gasteiger partial charge in [0, 0.05) is 24.7 Å². The van der Waals surface area contributed by atoms with Crippen LogP contribution in [0, 0.1) is 0 Å². The minimum atomic E-state index is -0.254. The van der Waals surface area contributed by atoms with Gasteiger partial charge in [0.05, 0.1) is 5.75 Å². The van der Waals surface area contributed by atoms with Crippen molar-refractivity contribution in [2.75, 3.05) is 12.3 Å². The van der Waals surface area contributed by atoms with Gasteiger partial charge in [-0.2, -0.15) is 0 Å². The molecule has 2 aromatic heterocycles. The number of thioether (sulfide) groups is 1. The van der Waals surface area contributed by atoms with Gasteiger partial charge < -0.3 is 4.90 Å². The Morgan fingerprint density at radius 3 is 2.63 bits per heavy atom. The van der Waals surface area contributed by atoms with Crippen LogP contribution in [0.5, 0.6) is 0 Å². The average Bonchev–Trinajstić information content (AvgIpc) is 3.17. The van der Waals surface area contributed by atoms with E-state index >= 15 is 0 Å². The Labute approximate surface area is 176 Å². The number of hydrogen-bond donors (Lipinski definition) is 1. The molecule has 0 fully saturated rings. The fourth-order valence-corrected chi connectivity index (χ4v) is 4.48. The van der Waals surface area contributed by atoms with E-state index in [1.165, 1.54) is 33.5 Å². The fraction of sp³-hybridized carbons (Fsp3) is 0.182. The summed E-state index contributed by atoms with van der Waals surface area (Å²) in [5, 5.41) is 3.25. The number of benzene rings is 2. The van der Waals surface area contributed by atoms with E-state index in [1.807, 2.05) is 47.4 Å². The van der Waals surface area contributed by atoms with Crippen molar-refractivity contribution in [2.24, 2.45) is 0 Å². The van der Waals surface area contributed by atoms with Crippen LogP contribution in [0.3, 0.4) is 0 Å². The zero-order valence-corrected chi connectivity index (χ0v) is 16.9. The van der Waals surface area contributed by atoms with E-state index in [0.29, 0.717) is 29.7 Å². The summed E-state index contributed by atoms with van der Waals surface area (Å²) in [7, 11) is 0. The zero-order chi connectivity index (χ0) is 20.5. The van der Waals surface area contributed by atoms with Gasteiger partial charge in [0.25, 0.3) is 5.56 Å². The Kier molecular flexibility index (Phi) is 4.84. The molecule has 1 aliphatic rings. The minimum Gasteiger partial charge on any atom is -0.337 e. The molecule has 0 saturated heterocycles. The molecule has 1 N–H and O–H groups in total. The molecule has 30 heavy (non-hydrogen) atoms. The Morgan fingerprint density at radius 1 is 1.03 bits per heavy atom. The van der Waals surface area contributed by atoms with Gasteiger partial charge in [0.15, 0.2) is 16.6 Å². The first-order chi connectivity index (χ1) is 14.7. The Hall–Kier alpha value is -3.39. The summed E-state index contributed by atoms with van der Waals surface area (Å²) < 4.78 is 1.54. The van der Waals surface area contributed by atoms with Crippen LogP contribution in [0.4, 0.5) is 0 Å². The Balaban J connectivity index is 1.39. The first-order valence-electron chi connectivity index (χ1n) is 9.70. The summed E-state index contributed by atoms with van der Waals surface area (Å²) in [5.74, 6) is 0.816. The third kappa shape index (κ3) is 3.61. The van der Waals surface area contributed by atoms with Gasteiger partial charge in [-0.15, -0.1) is 0 Å². The van der Waals surface area contributed by atoms with Gasteiger partial charge in [-0.1, -0.05) is 66.4 Å². The molecule has 0 atom stereocenters. The van der Waals surface area contributed by atoms with Crippen LogP contribution in [0.15, 0.2) is 70.6 Å². The second-order valence-electron chi connectivity index (χ2n) is 7.13. The van der Waals surface area contributed by atoms with Crippen molar-refractivity contribution < 1.29 is 4.79 Å². The normalized spacial score (nSPS) is 13.4. The van der Waals surface area contributed by atoms with Crippen LogP contribution in [0.25, 0.3) is 17.0 Å². The van der Waals surface area contributed by atoms with Crippen LogP contribution in [0.1, 0.15) is 11.1 Å². The lowest BCUT2D eigenvalue weighted by molar-refractivity contribution is -0.129. The van der Waals surface area contributed by atoms with Gasteiger partial charge in [0.2, 0.25) is 5.91 Å². The first kappa shape index (κ1) is 18.6. The second kappa shape index (κ2) is 7.79. The highest BCUT2D eigenvalue weighted by Gasteiger charge is 2.21. The smallest absolute Gasteiger partial charge is 0.266 e. The summed E-state index contributed by atoms with van der Waals surface area (Å²) in [4.78, 5) is 35.7. The van der Waals surface area contributed by atoms with Crippen molar-refractivity contribution in [3.63, 3.8) is 0 Å². The van der Waals surface area contributed by atoms with Crippen molar-refractivity contribution in [3.05, 3.63) is 82.1 Å². The molecule has 7 nitrogen and oxygen atoms in total. The fourth-order valence-electron chi connectivity index (χ4n) is 3.62. The summed E-state index contributed by atoms with van der Waals surface area (Å²) >= 11 is 1.31. The number of amides is 1. The number of carbonyl (C=O) groups excluding carboxylic acids is 1. The highest BCUT2D eigenvalue weighted by molar-refractivity contribution is 7.99. The van der Waals surface area contributed by atoms with Crippen LogP contribution in [-0.4, -0.2) is 42.7 Å². The van der Waals surface area contributed by atoms with Gasteiger partial charge in [-0.05, 0) is 17.5 Å². The van der Waals surface area contributed by atoms with E-state index in [1.54, 1.807) is 0 Å². The van der Waals surface area contributed by atoms with Crippen molar-refractivity contribution in [1.29, 1.82) is 0 Å². The third-order valence-corrected chi connectivity index (χ3v) is 6.09. The van der Waals surface area contributed by atoms with Gasteiger partial charge in [-0.3, -0.25) is 14.7 Å². The maximum absolute atomic E-state index is 12.9. The lowest BCUT2D eigenvalue weighted by Crippen LogP contribution is -2.37. The zero-order valence-electron chi connectivity index (χ0n) is 16.1. The molecule has 0 aliphatic carbocycles. The summed E-state index contributed by atoms with van der Waals surface area (Å²) in [6.07, 6.45) is 0.868. The molecular formula is C22H19N5O2S. The highest BCUT2D eigenvalue weighted by Crippen LogP contribution is 2.23. The molecule has 0 radical (unpaired) electrons. The molecule has 0 saturated carbocycles. The number of rotatable bonds is 4. The summed E-state index contributed by atoms with van der Waals surface area (Å²) in [6, 6.07) is 19.3. The Morgan fingerprint density at radius 2 is 1.80 bits per heavy atom. The van der Waals surface area contributed by atoms with Gasteiger partial charge >= 0.3 is 0 Å². The molecular weight excluding hydrogens is 398 g/mol. The molecule has 0 bridgehead atoms. The number of hydrogen-bond acceptors (Lipinski definition) is 5. The number of aromatic nitrogens is 4. The number of fused-ring (bicyclic) bond motifs is 2. The average molecular weight is 417 g/mol. The molecule has 0 unspecified atom stereocenters. The second-order valence-corrected chi connectivity index (χ2v) is 8.07. The maximum Gasteiger partial charge on any atom is 0.266 e. The first-order valence-corrected chi connectivity index (χ1v) is 10.7. The predicted octanol–water partition coefficient (Wildman–Crippen LogP) is 2.76. The SMILES string of the molecule is O=C(CSc1nc(-c2ccccc2)nc2cc(=O)[nH]n12)N1CCc2ccccc2C1. The van der Waals surface area contributed by atoms with E-state index in [9.17, 15) is 9.59 Å². The van der Waals surface area contributed by atoms with E-state index in [-0.39, 0.29) is 17.2 Å². The van der Waals surface area contributed by atoms with Gasteiger partial charge in [-0.25, -0.2) is 14.5 Å². The van der Waals surface area contributed by atoms with E-state index in [2.05, 4.69) is 27.2 Å². The number of nitrogens with zero attached hydrogens (tertiary/aromatic N) is 4. The third-order valence-electron chi connectivity index (χ3n) is 5.16. The molecule has 8 heteroatoms. The van der Waals surface area contributed by atoms with E-state index in [4.69, 9.17) is 0 Å². The molecule has 1 amide bonds. The number of aromatic amines is 1. The van der Waals surface area contributed by atoms with Crippen LogP contribution in [0.2, 0.25) is 0 Å².